The van der Waals surface area contributed by atoms with E-state index in [1.165, 1.54) is 0 Å². The summed E-state index contributed by atoms with van der Waals surface area (Å²) >= 11 is 0. The zero-order valence-electron chi connectivity index (χ0n) is 19.2. The van der Waals surface area contributed by atoms with Crippen molar-refractivity contribution >= 4 is 33.5 Å². The minimum absolute atomic E-state index is 0.185. The van der Waals surface area contributed by atoms with Crippen LogP contribution in [0.25, 0.3) is 21.5 Å². The van der Waals surface area contributed by atoms with Crippen LogP contribution in [0.5, 0.6) is 11.5 Å². The summed E-state index contributed by atoms with van der Waals surface area (Å²) in [4.78, 5) is 24.2. The van der Waals surface area contributed by atoms with Crippen molar-refractivity contribution in [3.8, 4) is 11.5 Å². The predicted molar refractivity (Wildman–Crippen MR) is 124 cm³/mol. The molecule has 32 heavy (non-hydrogen) atoms. The highest BCUT2D eigenvalue weighted by molar-refractivity contribution is 6.12. The normalized spacial score (nSPS) is 10.9. The second kappa shape index (κ2) is 10.8. The summed E-state index contributed by atoms with van der Waals surface area (Å²) in [5.74, 6) is 0.375. The van der Waals surface area contributed by atoms with Gasteiger partial charge in [0.2, 0.25) is 0 Å². The molecule has 170 valence electrons. The van der Waals surface area contributed by atoms with Crippen molar-refractivity contribution in [3.63, 3.8) is 0 Å². The Morgan fingerprint density at radius 3 is 2.00 bits per heavy atom. The maximum atomic E-state index is 12.1. The number of carbonyl (C=O) groups is 2. The van der Waals surface area contributed by atoms with Gasteiger partial charge in [0, 0.05) is 21.5 Å². The molecule has 0 saturated heterocycles. The van der Waals surface area contributed by atoms with Crippen molar-refractivity contribution in [2.45, 2.75) is 40.5 Å². The Bertz CT molecular complexity index is 1110. The van der Waals surface area contributed by atoms with E-state index in [1.54, 1.807) is 0 Å². The fourth-order valence-electron chi connectivity index (χ4n) is 3.56. The van der Waals surface area contributed by atoms with E-state index in [0.29, 0.717) is 24.7 Å². The Balaban J connectivity index is 2.09. The van der Waals surface area contributed by atoms with E-state index >= 15 is 0 Å². The highest BCUT2D eigenvalue weighted by atomic mass is 16.6. The van der Waals surface area contributed by atoms with Crippen LogP contribution < -0.4 is 9.47 Å². The lowest BCUT2D eigenvalue weighted by Gasteiger charge is -2.19. The lowest BCUT2D eigenvalue weighted by atomic mass is 9.96. The molecule has 3 aromatic rings. The van der Waals surface area contributed by atoms with E-state index in [2.05, 4.69) is 0 Å². The van der Waals surface area contributed by atoms with Crippen molar-refractivity contribution in [1.29, 1.82) is 0 Å². The maximum absolute atomic E-state index is 12.1. The quantitative estimate of drug-likeness (QED) is 0.317. The Kier molecular flexibility index (Phi) is 7.92. The molecular weight excluding hydrogens is 408 g/mol. The molecule has 0 aromatic heterocycles. The van der Waals surface area contributed by atoms with Gasteiger partial charge in [0.05, 0.1) is 13.2 Å². The Labute approximate surface area is 188 Å². The zero-order chi connectivity index (χ0) is 23.1. The van der Waals surface area contributed by atoms with Gasteiger partial charge in [0.15, 0.2) is 13.2 Å². The molecule has 0 amide bonds. The number of benzene rings is 3. The molecule has 0 unspecified atom stereocenters. The van der Waals surface area contributed by atoms with Gasteiger partial charge in [-0.15, -0.1) is 0 Å². The predicted octanol–water partition coefficient (Wildman–Crippen LogP) is 5.27. The average Bonchev–Trinajstić information content (AvgIpc) is 2.78. The van der Waals surface area contributed by atoms with E-state index in [-0.39, 0.29) is 13.2 Å². The molecule has 3 rings (SSSR count). The Morgan fingerprint density at radius 1 is 0.750 bits per heavy atom. The SMILES string of the molecule is CCCOC(=O)COc1c2cc(C)ccc2c(OCC(=O)OCCC)c2c(C)cccc12. The minimum atomic E-state index is -0.410. The first-order valence-corrected chi connectivity index (χ1v) is 11.0. The van der Waals surface area contributed by atoms with Gasteiger partial charge in [-0.05, 0) is 38.3 Å². The number of aryl methyl sites for hydroxylation is 2. The van der Waals surface area contributed by atoms with Crippen LogP contribution in [0.15, 0.2) is 36.4 Å². The van der Waals surface area contributed by atoms with Gasteiger partial charge in [0.25, 0.3) is 0 Å². The maximum Gasteiger partial charge on any atom is 0.344 e. The Hall–Kier alpha value is -3.28. The van der Waals surface area contributed by atoms with Crippen molar-refractivity contribution in [1.82, 2.24) is 0 Å². The topological polar surface area (TPSA) is 71.1 Å². The molecule has 0 heterocycles. The molecule has 0 bridgehead atoms. The summed E-state index contributed by atoms with van der Waals surface area (Å²) in [5.41, 5.74) is 2.01. The number of fused-ring (bicyclic) bond motifs is 2. The molecule has 0 aliphatic carbocycles. The first-order chi connectivity index (χ1) is 15.5. The summed E-state index contributed by atoms with van der Waals surface area (Å²) in [6, 6.07) is 11.8. The van der Waals surface area contributed by atoms with E-state index in [9.17, 15) is 9.59 Å². The van der Waals surface area contributed by atoms with Crippen LogP contribution in [-0.2, 0) is 19.1 Å². The summed E-state index contributed by atoms with van der Waals surface area (Å²) < 4.78 is 22.4. The average molecular weight is 439 g/mol. The van der Waals surface area contributed by atoms with Crippen LogP contribution in [-0.4, -0.2) is 38.4 Å². The van der Waals surface area contributed by atoms with E-state index in [1.807, 2.05) is 64.1 Å². The molecule has 0 aliphatic rings. The molecule has 6 heteroatoms. The third-order valence-corrected chi connectivity index (χ3v) is 5.01. The molecule has 0 saturated carbocycles. The molecule has 6 nitrogen and oxygen atoms in total. The summed E-state index contributed by atoms with van der Waals surface area (Å²) in [6.07, 6.45) is 1.51. The first-order valence-electron chi connectivity index (χ1n) is 11.0. The van der Waals surface area contributed by atoms with E-state index < -0.39 is 11.9 Å². The van der Waals surface area contributed by atoms with Gasteiger partial charge < -0.3 is 18.9 Å². The Morgan fingerprint density at radius 2 is 1.38 bits per heavy atom. The van der Waals surface area contributed by atoms with Crippen LogP contribution >= 0.6 is 0 Å². The lowest BCUT2D eigenvalue weighted by Crippen LogP contribution is -2.16. The van der Waals surface area contributed by atoms with Gasteiger partial charge in [-0.1, -0.05) is 49.7 Å². The molecule has 0 fully saturated rings. The van der Waals surface area contributed by atoms with Gasteiger partial charge in [-0.3, -0.25) is 0 Å². The molecule has 0 N–H and O–H groups in total. The lowest BCUT2D eigenvalue weighted by molar-refractivity contribution is -0.146. The monoisotopic (exact) mass is 438 g/mol. The zero-order valence-corrected chi connectivity index (χ0v) is 19.2. The summed E-state index contributed by atoms with van der Waals surface area (Å²) in [7, 11) is 0. The largest absolute Gasteiger partial charge is 0.481 e. The summed E-state index contributed by atoms with van der Waals surface area (Å²) in [6.45, 7) is 8.21. The highest BCUT2D eigenvalue weighted by Crippen LogP contribution is 2.44. The van der Waals surface area contributed by atoms with Gasteiger partial charge >= 0.3 is 11.9 Å². The molecular formula is C26H30O6. The number of esters is 2. The van der Waals surface area contributed by atoms with Crippen LogP contribution in [0.2, 0.25) is 0 Å². The van der Waals surface area contributed by atoms with Crippen LogP contribution in [0, 0.1) is 13.8 Å². The number of rotatable bonds is 10. The third-order valence-electron chi connectivity index (χ3n) is 5.01. The van der Waals surface area contributed by atoms with Crippen LogP contribution in [0.3, 0.4) is 0 Å². The van der Waals surface area contributed by atoms with Crippen molar-refractivity contribution in [2.75, 3.05) is 26.4 Å². The first kappa shape index (κ1) is 23.4. The highest BCUT2D eigenvalue weighted by Gasteiger charge is 2.20. The summed E-state index contributed by atoms with van der Waals surface area (Å²) in [5, 5.41) is 3.26. The van der Waals surface area contributed by atoms with Crippen LogP contribution in [0.1, 0.15) is 37.8 Å². The van der Waals surface area contributed by atoms with Crippen molar-refractivity contribution in [3.05, 3.63) is 47.5 Å². The van der Waals surface area contributed by atoms with Gasteiger partial charge in [-0.2, -0.15) is 0 Å². The van der Waals surface area contributed by atoms with Gasteiger partial charge in [-0.25, -0.2) is 9.59 Å². The number of ether oxygens (including phenoxy) is 4. The number of hydrogen-bond acceptors (Lipinski definition) is 6. The molecule has 0 spiro atoms. The number of hydrogen-bond donors (Lipinski definition) is 0. The second-order valence-corrected chi connectivity index (χ2v) is 7.72. The fraction of sp³-hybridized carbons (Fsp3) is 0.385. The van der Waals surface area contributed by atoms with Crippen molar-refractivity contribution < 1.29 is 28.5 Å². The van der Waals surface area contributed by atoms with Crippen LogP contribution in [0.4, 0.5) is 0 Å². The molecule has 0 aliphatic heterocycles. The minimum Gasteiger partial charge on any atom is -0.481 e. The van der Waals surface area contributed by atoms with Crippen molar-refractivity contribution in [2.24, 2.45) is 0 Å². The third kappa shape index (κ3) is 5.31. The fourth-order valence-corrected chi connectivity index (χ4v) is 3.56. The molecule has 3 aromatic carbocycles. The second-order valence-electron chi connectivity index (χ2n) is 7.72. The molecule has 0 radical (unpaired) electrons. The van der Waals surface area contributed by atoms with Gasteiger partial charge in [0.1, 0.15) is 11.5 Å². The van der Waals surface area contributed by atoms with E-state index in [4.69, 9.17) is 18.9 Å². The van der Waals surface area contributed by atoms with E-state index in [0.717, 1.165) is 45.5 Å². The number of carbonyl (C=O) groups excluding carboxylic acids is 2. The smallest absolute Gasteiger partial charge is 0.344 e. The standard InChI is InChI=1S/C26H30O6/c1-5-12-29-22(27)15-31-25-20-9-7-8-18(4)24(20)26(32-16-23(28)30-13-6-2)19-11-10-17(3)14-21(19)25/h7-11,14H,5-6,12-13,15-16H2,1-4H3. The molecule has 0 atom stereocenters.